The number of rotatable bonds is 2. The Balaban J connectivity index is 2.29. The minimum absolute atomic E-state index is 0.446. The fourth-order valence-corrected chi connectivity index (χ4v) is 1.74. The van der Waals surface area contributed by atoms with Gasteiger partial charge in [0, 0.05) is 11.6 Å². The van der Waals surface area contributed by atoms with Gasteiger partial charge in [0.15, 0.2) is 0 Å². The summed E-state index contributed by atoms with van der Waals surface area (Å²) in [5, 5.41) is 3.36. The van der Waals surface area contributed by atoms with Crippen LogP contribution >= 0.6 is 0 Å². The molecule has 1 aliphatic heterocycles. The quantitative estimate of drug-likeness (QED) is 0.796. The maximum Gasteiger partial charge on any atom is 0.128 e. The third-order valence-electron chi connectivity index (χ3n) is 2.60. The van der Waals surface area contributed by atoms with Crippen LogP contribution in [0.1, 0.15) is 18.1 Å². The van der Waals surface area contributed by atoms with Gasteiger partial charge in [0.25, 0.3) is 0 Å². The predicted molar refractivity (Wildman–Crippen MR) is 61.7 cm³/mol. The SMILES string of the molecule is COc1ccc(C2=NCC(C)N2)c(C)c1. The van der Waals surface area contributed by atoms with Crippen molar-refractivity contribution >= 4 is 5.84 Å². The van der Waals surface area contributed by atoms with Gasteiger partial charge in [-0.15, -0.1) is 0 Å². The van der Waals surface area contributed by atoms with Crippen LogP contribution in [0.25, 0.3) is 0 Å². The molecule has 0 bridgehead atoms. The van der Waals surface area contributed by atoms with Crippen molar-refractivity contribution in [1.82, 2.24) is 5.32 Å². The minimum Gasteiger partial charge on any atom is -0.497 e. The normalized spacial score (nSPS) is 19.7. The van der Waals surface area contributed by atoms with Gasteiger partial charge in [0.1, 0.15) is 11.6 Å². The molecule has 1 heterocycles. The molecule has 1 aromatic rings. The molecule has 0 aliphatic carbocycles. The van der Waals surface area contributed by atoms with Gasteiger partial charge in [-0.05, 0) is 37.6 Å². The molecule has 1 N–H and O–H groups in total. The molecule has 1 atom stereocenters. The smallest absolute Gasteiger partial charge is 0.128 e. The molecular weight excluding hydrogens is 188 g/mol. The number of methoxy groups -OCH3 is 1. The lowest BCUT2D eigenvalue weighted by atomic mass is 10.1. The Morgan fingerprint density at radius 3 is 2.80 bits per heavy atom. The summed E-state index contributed by atoms with van der Waals surface area (Å²) in [4.78, 5) is 4.47. The predicted octanol–water partition coefficient (Wildman–Crippen LogP) is 1.74. The first kappa shape index (κ1) is 10.0. The number of aryl methyl sites for hydroxylation is 1. The van der Waals surface area contributed by atoms with Crippen LogP contribution in [0.15, 0.2) is 23.2 Å². The summed E-state index contributed by atoms with van der Waals surface area (Å²) in [6.07, 6.45) is 0. The highest BCUT2D eigenvalue weighted by Crippen LogP contribution is 2.18. The number of amidine groups is 1. The van der Waals surface area contributed by atoms with Crippen LogP contribution < -0.4 is 10.1 Å². The summed E-state index contributed by atoms with van der Waals surface area (Å²) >= 11 is 0. The first-order valence-electron chi connectivity index (χ1n) is 5.16. The molecule has 2 rings (SSSR count). The second kappa shape index (κ2) is 3.93. The maximum atomic E-state index is 5.17. The minimum atomic E-state index is 0.446. The van der Waals surface area contributed by atoms with Gasteiger partial charge in [-0.2, -0.15) is 0 Å². The van der Waals surface area contributed by atoms with Crippen molar-refractivity contribution in [2.75, 3.05) is 13.7 Å². The standard InChI is InChI=1S/C12H16N2O/c1-8-6-10(15-3)4-5-11(8)12-13-7-9(2)14-12/h4-6,9H,7H2,1-3H3,(H,13,14). The zero-order chi connectivity index (χ0) is 10.8. The zero-order valence-electron chi connectivity index (χ0n) is 9.37. The number of ether oxygens (including phenoxy) is 1. The first-order chi connectivity index (χ1) is 7.20. The van der Waals surface area contributed by atoms with E-state index in [4.69, 9.17) is 4.74 Å². The zero-order valence-corrected chi connectivity index (χ0v) is 9.37. The van der Waals surface area contributed by atoms with Crippen molar-refractivity contribution in [3.05, 3.63) is 29.3 Å². The topological polar surface area (TPSA) is 33.6 Å². The average Bonchev–Trinajstić information content (AvgIpc) is 2.64. The lowest BCUT2D eigenvalue weighted by Crippen LogP contribution is -2.28. The molecule has 3 heteroatoms. The van der Waals surface area contributed by atoms with Crippen LogP contribution in [0, 0.1) is 6.92 Å². The van der Waals surface area contributed by atoms with Gasteiger partial charge in [-0.25, -0.2) is 0 Å². The average molecular weight is 204 g/mol. The summed E-state index contributed by atoms with van der Waals surface area (Å²) in [5.41, 5.74) is 2.36. The molecule has 15 heavy (non-hydrogen) atoms. The number of nitrogens with one attached hydrogen (secondary N) is 1. The number of benzene rings is 1. The number of hydrogen-bond donors (Lipinski definition) is 1. The maximum absolute atomic E-state index is 5.17. The van der Waals surface area contributed by atoms with Gasteiger partial charge >= 0.3 is 0 Å². The molecule has 0 spiro atoms. The Kier molecular flexibility index (Phi) is 2.62. The van der Waals surface area contributed by atoms with Gasteiger partial charge < -0.3 is 10.1 Å². The molecule has 3 nitrogen and oxygen atoms in total. The monoisotopic (exact) mass is 204 g/mol. The molecule has 1 unspecified atom stereocenters. The van der Waals surface area contributed by atoms with E-state index in [1.807, 2.05) is 12.1 Å². The Bertz CT molecular complexity index is 399. The van der Waals surface area contributed by atoms with Crippen molar-refractivity contribution in [3.8, 4) is 5.75 Å². The second-order valence-corrected chi connectivity index (χ2v) is 3.92. The fourth-order valence-electron chi connectivity index (χ4n) is 1.74. The molecule has 0 saturated carbocycles. The summed E-state index contributed by atoms with van der Waals surface area (Å²) in [6.45, 7) is 5.07. The molecule has 80 valence electrons. The molecular formula is C12H16N2O. The highest BCUT2D eigenvalue weighted by Gasteiger charge is 2.15. The van der Waals surface area contributed by atoms with Crippen molar-refractivity contribution in [2.45, 2.75) is 19.9 Å². The van der Waals surface area contributed by atoms with Crippen LogP contribution in [0.3, 0.4) is 0 Å². The van der Waals surface area contributed by atoms with E-state index < -0.39 is 0 Å². The van der Waals surface area contributed by atoms with Crippen LogP contribution in [-0.2, 0) is 0 Å². The van der Waals surface area contributed by atoms with Crippen molar-refractivity contribution in [3.63, 3.8) is 0 Å². The Morgan fingerprint density at radius 1 is 1.47 bits per heavy atom. The number of hydrogen-bond acceptors (Lipinski definition) is 3. The molecule has 1 aliphatic rings. The van der Waals surface area contributed by atoms with Crippen LogP contribution in [0.4, 0.5) is 0 Å². The van der Waals surface area contributed by atoms with Gasteiger partial charge in [-0.1, -0.05) is 0 Å². The van der Waals surface area contributed by atoms with Gasteiger partial charge in [0.2, 0.25) is 0 Å². The van der Waals surface area contributed by atoms with E-state index in [2.05, 4.69) is 30.2 Å². The van der Waals surface area contributed by atoms with Gasteiger partial charge in [0.05, 0.1) is 13.7 Å². The van der Waals surface area contributed by atoms with Crippen LogP contribution in [0.5, 0.6) is 5.75 Å². The largest absolute Gasteiger partial charge is 0.497 e. The number of nitrogens with zero attached hydrogens (tertiary/aromatic N) is 1. The molecule has 0 radical (unpaired) electrons. The Hall–Kier alpha value is -1.51. The lowest BCUT2D eigenvalue weighted by molar-refractivity contribution is 0.414. The van der Waals surface area contributed by atoms with E-state index in [-0.39, 0.29) is 0 Å². The van der Waals surface area contributed by atoms with Crippen molar-refractivity contribution in [1.29, 1.82) is 0 Å². The Labute approximate surface area is 90.2 Å². The number of aliphatic imine (C=N–C) groups is 1. The Morgan fingerprint density at radius 2 is 2.27 bits per heavy atom. The third-order valence-corrected chi connectivity index (χ3v) is 2.60. The van der Waals surface area contributed by atoms with Crippen molar-refractivity contribution in [2.24, 2.45) is 4.99 Å². The van der Waals surface area contributed by atoms with E-state index in [0.29, 0.717) is 6.04 Å². The molecule has 0 fully saturated rings. The highest BCUT2D eigenvalue weighted by atomic mass is 16.5. The van der Waals surface area contributed by atoms with E-state index >= 15 is 0 Å². The summed E-state index contributed by atoms with van der Waals surface area (Å²) in [7, 11) is 1.68. The van der Waals surface area contributed by atoms with E-state index in [1.165, 1.54) is 11.1 Å². The molecule has 0 saturated heterocycles. The van der Waals surface area contributed by atoms with E-state index in [9.17, 15) is 0 Å². The van der Waals surface area contributed by atoms with Crippen molar-refractivity contribution < 1.29 is 4.74 Å². The molecule has 1 aromatic carbocycles. The van der Waals surface area contributed by atoms with Gasteiger partial charge in [-0.3, -0.25) is 4.99 Å². The van der Waals surface area contributed by atoms with E-state index in [1.54, 1.807) is 7.11 Å². The summed E-state index contributed by atoms with van der Waals surface area (Å²) in [6, 6.07) is 6.50. The van der Waals surface area contributed by atoms with Crippen LogP contribution in [-0.4, -0.2) is 25.5 Å². The first-order valence-corrected chi connectivity index (χ1v) is 5.16. The molecule has 0 amide bonds. The second-order valence-electron chi connectivity index (χ2n) is 3.92. The lowest BCUT2D eigenvalue weighted by Gasteiger charge is -2.10. The third kappa shape index (κ3) is 1.96. The van der Waals surface area contributed by atoms with E-state index in [0.717, 1.165) is 18.1 Å². The van der Waals surface area contributed by atoms with Crippen LogP contribution in [0.2, 0.25) is 0 Å². The summed E-state index contributed by atoms with van der Waals surface area (Å²) < 4.78 is 5.17. The summed E-state index contributed by atoms with van der Waals surface area (Å²) in [5.74, 6) is 1.89. The highest BCUT2D eigenvalue weighted by molar-refractivity contribution is 6.01. The molecule has 0 aromatic heterocycles. The fraction of sp³-hybridized carbons (Fsp3) is 0.417.